The molecule has 11 aromatic carbocycles. The predicted molar refractivity (Wildman–Crippen MR) is 284 cm³/mol. The normalized spacial score (nSPS) is 12.7. The molecule has 316 valence electrons. The van der Waals surface area contributed by atoms with Gasteiger partial charge in [0.2, 0.25) is 0 Å². The van der Waals surface area contributed by atoms with Crippen LogP contribution in [0.1, 0.15) is 25.0 Å². The van der Waals surface area contributed by atoms with E-state index in [1.165, 1.54) is 99.0 Å². The van der Waals surface area contributed by atoms with Gasteiger partial charge in [0.15, 0.2) is 0 Å². The van der Waals surface area contributed by atoms with Gasteiger partial charge >= 0.3 is 0 Å². The van der Waals surface area contributed by atoms with Gasteiger partial charge in [0.1, 0.15) is 0 Å². The summed E-state index contributed by atoms with van der Waals surface area (Å²) in [5, 5.41) is 7.60. The quantitative estimate of drug-likeness (QED) is 0.145. The van der Waals surface area contributed by atoms with E-state index >= 15 is 0 Å². The molecule has 2 heteroatoms. The lowest BCUT2D eigenvalue weighted by Crippen LogP contribution is -2.14. The number of benzene rings is 11. The molecular formula is C65H46N2. The van der Waals surface area contributed by atoms with Gasteiger partial charge in [-0.3, -0.25) is 0 Å². The van der Waals surface area contributed by atoms with Crippen LogP contribution in [-0.2, 0) is 5.41 Å². The van der Waals surface area contributed by atoms with Crippen LogP contribution in [0.3, 0.4) is 0 Å². The van der Waals surface area contributed by atoms with Crippen LogP contribution in [0.25, 0.3) is 93.5 Å². The van der Waals surface area contributed by atoms with Gasteiger partial charge in [-0.2, -0.15) is 0 Å². The van der Waals surface area contributed by atoms with Crippen LogP contribution < -0.4 is 4.90 Å². The molecule has 0 N–H and O–H groups in total. The zero-order valence-electron chi connectivity index (χ0n) is 37.5. The van der Waals surface area contributed by atoms with Gasteiger partial charge in [-0.05, 0) is 144 Å². The number of hydrogen-bond donors (Lipinski definition) is 0. The first-order valence-corrected chi connectivity index (χ1v) is 23.3. The second-order valence-electron chi connectivity index (χ2n) is 18.5. The maximum Gasteiger partial charge on any atom is 0.0541 e. The zero-order chi connectivity index (χ0) is 44.6. The van der Waals surface area contributed by atoms with Gasteiger partial charge in [-0.25, -0.2) is 0 Å². The minimum atomic E-state index is -0.0703. The van der Waals surface area contributed by atoms with E-state index in [-0.39, 0.29) is 5.41 Å². The Balaban J connectivity index is 0.846. The molecule has 0 bridgehead atoms. The second kappa shape index (κ2) is 15.3. The summed E-state index contributed by atoms with van der Waals surface area (Å²) in [5.41, 5.74) is 19.7. The fourth-order valence-corrected chi connectivity index (χ4v) is 11.2. The molecule has 67 heavy (non-hydrogen) atoms. The molecule has 1 aliphatic rings. The van der Waals surface area contributed by atoms with Crippen molar-refractivity contribution in [2.24, 2.45) is 0 Å². The maximum atomic E-state index is 2.46. The Labute approximate surface area is 391 Å². The first-order valence-electron chi connectivity index (χ1n) is 23.3. The van der Waals surface area contributed by atoms with E-state index in [4.69, 9.17) is 0 Å². The van der Waals surface area contributed by atoms with E-state index in [0.717, 1.165) is 22.7 Å². The Morgan fingerprint density at radius 2 is 0.716 bits per heavy atom. The molecule has 0 saturated heterocycles. The lowest BCUT2D eigenvalue weighted by Gasteiger charge is -2.26. The van der Waals surface area contributed by atoms with E-state index in [0.29, 0.717) is 0 Å². The number of hydrogen-bond acceptors (Lipinski definition) is 1. The molecule has 0 amide bonds. The van der Waals surface area contributed by atoms with E-state index in [1.54, 1.807) is 0 Å². The lowest BCUT2D eigenvalue weighted by molar-refractivity contribution is 0.660. The molecule has 0 radical (unpaired) electrons. The topological polar surface area (TPSA) is 8.17 Å². The highest BCUT2D eigenvalue weighted by Crippen LogP contribution is 2.51. The molecular weight excluding hydrogens is 809 g/mol. The molecule has 2 nitrogen and oxygen atoms in total. The first-order chi connectivity index (χ1) is 33.0. The van der Waals surface area contributed by atoms with Crippen molar-refractivity contribution < 1.29 is 0 Å². The third-order valence-electron chi connectivity index (χ3n) is 14.4. The molecule has 0 spiro atoms. The van der Waals surface area contributed by atoms with Crippen LogP contribution in [0.4, 0.5) is 17.1 Å². The van der Waals surface area contributed by atoms with Crippen molar-refractivity contribution in [1.29, 1.82) is 0 Å². The molecule has 1 aliphatic carbocycles. The highest BCUT2D eigenvalue weighted by atomic mass is 15.1. The third kappa shape index (κ3) is 6.18. The number of fused-ring (bicyclic) bond motifs is 8. The van der Waals surface area contributed by atoms with Crippen molar-refractivity contribution in [1.82, 2.24) is 4.57 Å². The Kier molecular flexibility index (Phi) is 8.91. The average molecular weight is 855 g/mol. The monoisotopic (exact) mass is 854 g/mol. The standard InChI is InChI=1S/C65H46N2/c1-65(2)59-25-13-10-18-51(59)52-41-34-46(42-60(52)65)64-57-23-8-6-21-55(57)63(56-22-7-9-24-58(56)64)45-30-28-43(29-31-45)44-32-35-48(36-33-44)66(47-16-4-3-5-17-47)49-37-39-50(40-38-49)67-61-26-14-11-19-53(61)54-20-12-15-27-62(54)67/h3-42H,1-2H3. The molecule has 1 heterocycles. The van der Waals surface area contributed by atoms with Crippen LogP contribution in [0, 0.1) is 0 Å². The molecule has 1 aromatic heterocycles. The molecule has 13 rings (SSSR count). The summed E-state index contributed by atoms with van der Waals surface area (Å²) in [5.74, 6) is 0. The molecule has 12 aromatic rings. The molecule has 0 aliphatic heterocycles. The Hall–Kier alpha value is -8.46. The van der Waals surface area contributed by atoms with E-state index in [9.17, 15) is 0 Å². The van der Waals surface area contributed by atoms with Gasteiger partial charge in [0.05, 0.1) is 11.0 Å². The minimum absolute atomic E-state index is 0.0703. The van der Waals surface area contributed by atoms with E-state index in [1.807, 2.05) is 0 Å². The van der Waals surface area contributed by atoms with E-state index in [2.05, 4.69) is 266 Å². The first kappa shape index (κ1) is 39.0. The van der Waals surface area contributed by atoms with Crippen molar-refractivity contribution in [3.05, 3.63) is 254 Å². The number of nitrogens with zero attached hydrogens (tertiary/aromatic N) is 2. The fraction of sp³-hybridized carbons (Fsp3) is 0.0462. The highest BCUT2D eigenvalue weighted by Gasteiger charge is 2.35. The van der Waals surface area contributed by atoms with Crippen molar-refractivity contribution in [3.8, 4) is 50.2 Å². The SMILES string of the molecule is CC1(C)c2ccccc2-c2ccc(-c3c4ccccc4c(-c4ccc(-c5ccc(N(c6ccccc6)c6ccc(-n7c8ccccc8c8ccccc87)cc6)cc5)cc4)c4ccccc34)cc21. The van der Waals surface area contributed by atoms with E-state index < -0.39 is 0 Å². The molecule has 0 saturated carbocycles. The summed E-state index contributed by atoms with van der Waals surface area (Å²) in [6, 6.07) is 89.2. The third-order valence-corrected chi connectivity index (χ3v) is 14.4. The summed E-state index contributed by atoms with van der Waals surface area (Å²) in [6.07, 6.45) is 0. The van der Waals surface area contributed by atoms with Crippen LogP contribution in [0.2, 0.25) is 0 Å². The predicted octanol–water partition coefficient (Wildman–Crippen LogP) is 17.9. The van der Waals surface area contributed by atoms with Crippen molar-refractivity contribution in [2.45, 2.75) is 19.3 Å². The van der Waals surface area contributed by atoms with Crippen LogP contribution in [0.5, 0.6) is 0 Å². The Bertz CT molecular complexity index is 3750. The van der Waals surface area contributed by atoms with Crippen molar-refractivity contribution in [3.63, 3.8) is 0 Å². The summed E-state index contributed by atoms with van der Waals surface area (Å²) in [4.78, 5) is 2.34. The van der Waals surface area contributed by atoms with Crippen LogP contribution in [0.15, 0.2) is 243 Å². The van der Waals surface area contributed by atoms with Gasteiger partial charge < -0.3 is 9.47 Å². The fourth-order valence-electron chi connectivity index (χ4n) is 11.2. The minimum Gasteiger partial charge on any atom is -0.311 e. The summed E-state index contributed by atoms with van der Waals surface area (Å²) >= 11 is 0. The number of rotatable bonds is 7. The van der Waals surface area contributed by atoms with Crippen LogP contribution >= 0.6 is 0 Å². The van der Waals surface area contributed by atoms with Crippen LogP contribution in [-0.4, -0.2) is 4.57 Å². The largest absolute Gasteiger partial charge is 0.311 e. The molecule has 0 fully saturated rings. The van der Waals surface area contributed by atoms with Gasteiger partial charge in [0.25, 0.3) is 0 Å². The summed E-state index contributed by atoms with van der Waals surface area (Å²) in [7, 11) is 0. The van der Waals surface area contributed by atoms with Crippen molar-refractivity contribution in [2.75, 3.05) is 4.90 Å². The molecule has 0 atom stereocenters. The summed E-state index contributed by atoms with van der Waals surface area (Å²) in [6.45, 7) is 4.73. The average Bonchev–Trinajstić information content (AvgIpc) is 3.84. The Morgan fingerprint density at radius 1 is 0.313 bits per heavy atom. The lowest BCUT2D eigenvalue weighted by atomic mass is 9.80. The zero-order valence-corrected chi connectivity index (χ0v) is 37.5. The van der Waals surface area contributed by atoms with Crippen molar-refractivity contribution >= 4 is 60.4 Å². The van der Waals surface area contributed by atoms with Gasteiger partial charge in [0, 0.05) is 38.9 Å². The number of para-hydroxylation sites is 3. The highest BCUT2D eigenvalue weighted by molar-refractivity contribution is 6.21. The van der Waals surface area contributed by atoms with Gasteiger partial charge in [-0.1, -0.05) is 190 Å². The maximum absolute atomic E-state index is 2.46. The van der Waals surface area contributed by atoms with Gasteiger partial charge in [-0.15, -0.1) is 0 Å². The summed E-state index contributed by atoms with van der Waals surface area (Å²) < 4.78 is 2.37. The molecule has 0 unspecified atom stereocenters. The second-order valence-corrected chi connectivity index (χ2v) is 18.5. The Morgan fingerprint density at radius 3 is 1.30 bits per heavy atom. The number of anilines is 3. The smallest absolute Gasteiger partial charge is 0.0541 e. The number of aromatic nitrogens is 1.